The second kappa shape index (κ2) is 7.19. The number of aryl methyl sites for hydroxylation is 1. The number of rotatable bonds is 4. The van der Waals surface area contributed by atoms with Gasteiger partial charge in [-0.15, -0.1) is 0 Å². The summed E-state index contributed by atoms with van der Waals surface area (Å²) in [7, 11) is 1.78. The molecular formula is C20H22N6O. The van der Waals surface area contributed by atoms with Crippen molar-refractivity contribution in [3.63, 3.8) is 0 Å². The molecule has 7 heteroatoms. The van der Waals surface area contributed by atoms with Gasteiger partial charge in [-0.1, -0.05) is 30.3 Å². The van der Waals surface area contributed by atoms with Crippen LogP contribution in [-0.4, -0.2) is 38.0 Å². The number of aromatic amines is 1. The highest BCUT2D eigenvalue weighted by Crippen LogP contribution is 2.25. The summed E-state index contributed by atoms with van der Waals surface area (Å²) >= 11 is 0. The summed E-state index contributed by atoms with van der Waals surface area (Å²) in [4.78, 5) is 23.3. The number of nitrogens with one attached hydrogen (secondary N) is 1. The van der Waals surface area contributed by atoms with Crippen LogP contribution in [0.4, 0.5) is 5.95 Å². The number of nitrogens with two attached hydrogens (primary N) is 1. The number of hydrogen-bond acceptors (Lipinski definition) is 5. The molecule has 2 heterocycles. The first-order valence-corrected chi connectivity index (χ1v) is 9.12. The van der Waals surface area contributed by atoms with Gasteiger partial charge in [-0.3, -0.25) is 9.89 Å². The fraction of sp³-hybridized carbons (Fsp3) is 0.300. The van der Waals surface area contributed by atoms with Crippen molar-refractivity contribution in [2.45, 2.75) is 32.2 Å². The van der Waals surface area contributed by atoms with Gasteiger partial charge in [0.2, 0.25) is 5.95 Å². The van der Waals surface area contributed by atoms with Crippen LogP contribution in [0.5, 0.6) is 0 Å². The highest BCUT2D eigenvalue weighted by molar-refractivity contribution is 5.94. The second-order valence-electron chi connectivity index (χ2n) is 6.86. The number of carbonyl (C=O) groups excluding carboxylic acids is 1. The molecule has 1 aliphatic rings. The quantitative estimate of drug-likeness (QED) is 0.743. The molecule has 1 amide bonds. The molecule has 2 aromatic heterocycles. The van der Waals surface area contributed by atoms with Crippen LogP contribution in [0, 0.1) is 0 Å². The number of amides is 1. The van der Waals surface area contributed by atoms with E-state index in [-0.39, 0.29) is 11.9 Å². The van der Waals surface area contributed by atoms with E-state index in [4.69, 9.17) is 5.73 Å². The van der Waals surface area contributed by atoms with E-state index in [1.54, 1.807) is 18.1 Å². The highest BCUT2D eigenvalue weighted by atomic mass is 16.2. The van der Waals surface area contributed by atoms with Crippen LogP contribution in [0.15, 0.2) is 36.5 Å². The third-order valence-corrected chi connectivity index (χ3v) is 4.94. The largest absolute Gasteiger partial charge is 0.368 e. The van der Waals surface area contributed by atoms with Crippen molar-refractivity contribution in [1.29, 1.82) is 0 Å². The Morgan fingerprint density at radius 1 is 1.19 bits per heavy atom. The van der Waals surface area contributed by atoms with Crippen molar-refractivity contribution >= 4 is 11.9 Å². The molecule has 0 radical (unpaired) electrons. The molecule has 0 saturated heterocycles. The normalized spacial score (nSPS) is 13.2. The molecule has 3 aromatic rings. The average molecular weight is 362 g/mol. The Hall–Kier alpha value is -3.22. The predicted octanol–water partition coefficient (Wildman–Crippen LogP) is 2.60. The lowest BCUT2D eigenvalue weighted by Gasteiger charge is -2.22. The fourth-order valence-corrected chi connectivity index (χ4v) is 3.58. The molecule has 0 saturated carbocycles. The Labute approximate surface area is 157 Å². The minimum absolute atomic E-state index is 0.137. The maximum Gasteiger partial charge on any atom is 0.272 e. The van der Waals surface area contributed by atoms with Gasteiger partial charge >= 0.3 is 0 Å². The molecule has 1 aromatic carbocycles. The van der Waals surface area contributed by atoms with Gasteiger partial charge in [0.05, 0.1) is 11.9 Å². The summed E-state index contributed by atoms with van der Waals surface area (Å²) in [6, 6.07) is 9.95. The molecule has 0 fully saturated rings. The Morgan fingerprint density at radius 3 is 2.78 bits per heavy atom. The first kappa shape index (κ1) is 17.2. The molecule has 3 N–H and O–H groups in total. The van der Waals surface area contributed by atoms with E-state index in [1.165, 1.54) is 0 Å². The predicted molar refractivity (Wildman–Crippen MR) is 103 cm³/mol. The van der Waals surface area contributed by atoms with Gasteiger partial charge in [-0.25, -0.2) is 9.97 Å². The molecule has 27 heavy (non-hydrogen) atoms. The number of carbonyl (C=O) groups is 1. The zero-order valence-electron chi connectivity index (χ0n) is 15.3. The van der Waals surface area contributed by atoms with Crippen LogP contribution in [0.1, 0.15) is 40.2 Å². The summed E-state index contributed by atoms with van der Waals surface area (Å²) in [6.45, 7) is 0.429. The SMILES string of the molecule is CN(Cc1cn[nH]c1-c1ccccc1)C(=O)c1nc(N)nc2c1CCCC2. The average Bonchev–Trinajstić information content (AvgIpc) is 3.15. The molecular weight excluding hydrogens is 340 g/mol. The van der Waals surface area contributed by atoms with Gasteiger partial charge in [0.1, 0.15) is 5.69 Å². The Balaban J connectivity index is 1.60. The Bertz CT molecular complexity index is 966. The van der Waals surface area contributed by atoms with Crippen LogP contribution in [-0.2, 0) is 19.4 Å². The maximum absolute atomic E-state index is 13.1. The lowest BCUT2D eigenvalue weighted by molar-refractivity contribution is 0.0778. The number of benzene rings is 1. The van der Waals surface area contributed by atoms with Crippen LogP contribution in [0.25, 0.3) is 11.3 Å². The molecule has 0 atom stereocenters. The van der Waals surface area contributed by atoms with Gasteiger partial charge in [0.15, 0.2) is 0 Å². The Morgan fingerprint density at radius 2 is 1.96 bits per heavy atom. The van der Waals surface area contributed by atoms with Gasteiger partial charge in [-0.05, 0) is 31.2 Å². The third-order valence-electron chi connectivity index (χ3n) is 4.94. The number of nitrogen functional groups attached to an aromatic ring is 1. The van der Waals surface area contributed by atoms with E-state index >= 15 is 0 Å². The molecule has 0 unspecified atom stereocenters. The molecule has 0 aliphatic heterocycles. The lowest BCUT2D eigenvalue weighted by Crippen LogP contribution is -2.30. The van der Waals surface area contributed by atoms with E-state index < -0.39 is 0 Å². The minimum Gasteiger partial charge on any atom is -0.368 e. The summed E-state index contributed by atoms with van der Waals surface area (Å²) in [5.74, 6) is 0.0307. The molecule has 1 aliphatic carbocycles. The van der Waals surface area contributed by atoms with Crippen molar-refractivity contribution in [3.05, 3.63) is 59.0 Å². The summed E-state index contributed by atoms with van der Waals surface area (Å²) in [5, 5.41) is 7.19. The minimum atomic E-state index is -0.137. The standard InChI is InChI=1S/C20H22N6O/c1-26(12-14-11-22-25-17(14)13-7-3-2-4-8-13)19(27)18-15-9-5-6-10-16(15)23-20(21)24-18/h2-4,7-8,11H,5-6,9-10,12H2,1H3,(H,22,25)(H2,21,23,24). The molecule has 7 nitrogen and oxygen atoms in total. The first-order chi connectivity index (χ1) is 13.1. The van der Waals surface area contributed by atoms with Gasteiger partial charge in [-0.2, -0.15) is 5.10 Å². The van der Waals surface area contributed by atoms with Gasteiger partial charge in [0, 0.05) is 30.4 Å². The Kier molecular flexibility index (Phi) is 4.58. The van der Waals surface area contributed by atoms with Crippen molar-refractivity contribution in [2.24, 2.45) is 0 Å². The number of aromatic nitrogens is 4. The van der Waals surface area contributed by atoms with Crippen molar-refractivity contribution in [2.75, 3.05) is 12.8 Å². The van der Waals surface area contributed by atoms with Crippen LogP contribution < -0.4 is 5.73 Å². The van der Waals surface area contributed by atoms with Crippen molar-refractivity contribution in [3.8, 4) is 11.3 Å². The van der Waals surface area contributed by atoms with Crippen LogP contribution >= 0.6 is 0 Å². The summed E-state index contributed by atoms with van der Waals surface area (Å²) in [5.41, 5.74) is 11.1. The third kappa shape index (κ3) is 3.40. The number of fused-ring (bicyclic) bond motifs is 1. The van der Waals surface area contributed by atoms with E-state index in [1.807, 2.05) is 30.3 Å². The molecule has 0 bridgehead atoms. The summed E-state index contributed by atoms with van der Waals surface area (Å²) in [6.07, 6.45) is 5.56. The summed E-state index contributed by atoms with van der Waals surface area (Å²) < 4.78 is 0. The number of nitrogens with zero attached hydrogens (tertiary/aromatic N) is 4. The highest BCUT2D eigenvalue weighted by Gasteiger charge is 2.24. The number of hydrogen-bond donors (Lipinski definition) is 2. The zero-order valence-corrected chi connectivity index (χ0v) is 15.3. The van der Waals surface area contributed by atoms with E-state index in [9.17, 15) is 4.79 Å². The zero-order chi connectivity index (χ0) is 18.8. The smallest absolute Gasteiger partial charge is 0.272 e. The van der Waals surface area contributed by atoms with E-state index in [2.05, 4.69) is 20.2 Å². The van der Waals surface area contributed by atoms with Crippen molar-refractivity contribution < 1.29 is 4.79 Å². The van der Waals surface area contributed by atoms with E-state index in [0.29, 0.717) is 12.2 Å². The molecule has 4 rings (SSSR count). The molecule has 0 spiro atoms. The monoisotopic (exact) mass is 362 g/mol. The maximum atomic E-state index is 13.1. The van der Waals surface area contributed by atoms with Crippen molar-refractivity contribution in [1.82, 2.24) is 25.1 Å². The fourth-order valence-electron chi connectivity index (χ4n) is 3.58. The topological polar surface area (TPSA) is 101 Å². The molecule has 138 valence electrons. The number of H-pyrrole nitrogens is 1. The van der Waals surface area contributed by atoms with Gasteiger partial charge < -0.3 is 10.6 Å². The first-order valence-electron chi connectivity index (χ1n) is 9.12. The number of anilines is 1. The lowest BCUT2D eigenvalue weighted by atomic mass is 9.94. The van der Waals surface area contributed by atoms with Crippen LogP contribution in [0.2, 0.25) is 0 Å². The van der Waals surface area contributed by atoms with Gasteiger partial charge in [0.25, 0.3) is 5.91 Å². The van der Waals surface area contributed by atoms with E-state index in [0.717, 1.165) is 53.8 Å². The second-order valence-corrected chi connectivity index (χ2v) is 6.86. The van der Waals surface area contributed by atoms with Crippen LogP contribution in [0.3, 0.4) is 0 Å².